The minimum absolute atomic E-state index is 0.158. The molecule has 0 aliphatic carbocycles. The van der Waals surface area contributed by atoms with E-state index in [-0.39, 0.29) is 6.54 Å². The zero-order chi connectivity index (χ0) is 17.9. The van der Waals surface area contributed by atoms with Crippen molar-refractivity contribution < 1.29 is 9.90 Å². The normalized spacial score (nSPS) is 11.6. The van der Waals surface area contributed by atoms with Crippen LogP contribution in [0, 0.1) is 0 Å². The molecule has 1 N–H and O–H groups in total. The van der Waals surface area contributed by atoms with E-state index in [9.17, 15) is 4.79 Å². The summed E-state index contributed by atoms with van der Waals surface area (Å²) in [4.78, 5) is 12.4. The number of carboxylic acid groups (broad SMARTS) is 1. The summed E-state index contributed by atoms with van der Waals surface area (Å²) in [5.41, 5.74) is 0. The number of aliphatic carboxylic acids is 1. The molecule has 0 fully saturated rings. The van der Waals surface area contributed by atoms with Crippen LogP contribution in [0.5, 0.6) is 0 Å². The number of nitrogens with zero attached hydrogens (tertiary/aromatic N) is 1. The maximum atomic E-state index is 10.5. The van der Waals surface area contributed by atoms with E-state index in [1.807, 2.05) is 11.9 Å². The predicted octanol–water partition coefficient (Wildman–Crippen LogP) is 6.04. The van der Waals surface area contributed by atoms with E-state index in [1.165, 1.54) is 83.5 Å². The van der Waals surface area contributed by atoms with Crippen molar-refractivity contribution in [2.24, 2.45) is 0 Å². The maximum absolute atomic E-state index is 10.5. The Hall–Kier alpha value is -0.830. The van der Waals surface area contributed by atoms with Crippen LogP contribution in [0.2, 0.25) is 0 Å². The van der Waals surface area contributed by atoms with Crippen LogP contribution in [0.3, 0.4) is 0 Å². The van der Waals surface area contributed by atoms with Crippen LogP contribution < -0.4 is 0 Å². The number of unbranched alkanes of at least 4 members (excludes halogenated alkanes) is 12. The predicted molar refractivity (Wildman–Crippen MR) is 105 cm³/mol. The highest BCUT2D eigenvalue weighted by atomic mass is 16.4. The quantitative estimate of drug-likeness (QED) is 0.244. The standard InChI is InChI=1S/C21H41NO2/c1-3-4-5-6-7-8-9-10-11-12-13-14-15-16-17-18-19-22(2)20-21(23)24/h10-11H,3-9,12-20H2,1-2H3,(H,23,24)/b11-10+. The molecule has 3 heteroatoms. The Morgan fingerprint density at radius 3 is 1.75 bits per heavy atom. The minimum atomic E-state index is -0.734. The van der Waals surface area contributed by atoms with Crippen LogP contribution in [0.4, 0.5) is 0 Å². The van der Waals surface area contributed by atoms with Gasteiger partial charge in [-0.05, 0) is 45.7 Å². The molecule has 3 nitrogen and oxygen atoms in total. The fourth-order valence-corrected chi connectivity index (χ4v) is 2.94. The van der Waals surface area contributed by atoms with Crippen molar-refractivity contribution in [3.8, 4) is 0 Å². The van der Waals surface area contributed by atoms with Gasteiger partial charge in [-0.15, -0.1) is 0 Å². The fourth-order valence-electron chi connectivity index (χ4n) is 2.94. The van der Waals surface area contributed by atoms with Crippen molar-refractivity contribution in [1.82, 2.24) is 4.90 Å². The number of carbonyl (C=O) groups is 1. The van der Waals surface area contributed by atoms with Gasteiger partial charge in [-0.3, -0.25) is 9.69 Å². The number of likely N-dealkylation sites (N-methyl/N-ethyl adjacent to an activating group) is 1. The number of rotatable bonds is 18. The third-order valence-electron chi connectivity index (χ3n) is 4.46. The smallest absolute Gasteiger partial charge is 0.317 e. The van der Waals surface area contributed by atoms with Gasteiger partial charge in [0.25, 0.3) is 0 Å². The average molecular weight is 340 g/mol. The SMILES string of the molecule is CCCCCCCC/C=C/CCCCCCCCN(C)CC(=O)O. The summed E-state index contributed by atoms with van der Waals surface area (Å²) in [7, 11) is 1.88. The van der Waals surface area contributed by atoms with E-state index in [4.69, 9.17) is 5.11 Å². The number of carboxylic acids is 1. The van der Waals surface area contributed by atoms with Gasteiger partial charge >= 0.3 is 5.97 Å². The second kappa shape index (κ2) is 18.5. The molecule has 0 radical (unpaired) electrons. The molecule has 0 aromatic heterocycles. The zero-order valence-electron chi connectivity index (χ0n) is 16.3. The van der Waals surface area contributed by atoms with Gasteiger partial charge in [0, 0.05) is 0 Å². The molecular weight excluding hydrogens is 298 g/mol. The largest absolute Gasteiger partial charge is 0.480 e. The van der Waals surface area contributed by atoms with E-state index >= 15 is 0 Å². The highest BCUT2D eigenvalue weighted by Crippen LogP contribution is 2.10. The van der Waals surface area contributed by atoms with Crippen molar-refractivity contribution in [2.45, 2.75) is 96.8 Å². The lowest BCUT2D eigenvalue weighted by Gasteiger charge is -2.13. The first-order valence-electron chi connectivity index (χ1n) is 10.2. The lowest BCUT2D eigenvalue weighted by molar-refractivity contribution is -0.137. The molecule has 0 aliphatic heterocycles. The summed E-state index contributed by atoms with van der Waals surface area (Å²) in [5.74, 6) is -0.734. The van der Waals surface area contributed by atoms with E-state index in [1.54, 1.807) is 0 Å². The molecule has 0 spiro atoms. The third kappa shape index (κ3) is 19.2. The van der Waals surface area contributed by atoms with Gasteiger partial charge in [0.05, 0.1) is 6.54 Å². The topological polar surface area (TPSA) is 40.5 Å². The van der Waals surface area contributed by atoms with E-state index < -0.39 is 5.97 Å². The Kier molecular flexibility index (Phi) is 17.9. The van der Waals surface area contributed by atoms with Crippen molar-refractivity contribution in [3.05, 3.63) is 12.2 Å². The fraction of sp³-hybridized carbons (Fsp3) is 0.857. The molecule has 0 aromatic rings. The molecule has 0 heterocycles. The van der Waals surface area contributed by atoms with Crippen LogP contribution in [0.15, 0.2) is 12.2 Å². The average Bonchev–Trinajstić information content (AvgIpc) is 2.53. The highest BCUT2D eigenvalue weighted by Gasteiger charge is 2.02. The molecule has 0 saturated heterocycles. The first-order chi connectivity index (χ1) is 11.7. The maximum Gasteiger partial charge on any atom is 0.317 e. The van der Waals surface area contributed by atoms with Crippen LogP contribution in [0.1, 0.15) is 96.8 Å². The van der Waals surface area contributed by atoms with Crippen LogP contribution in [-0.2, 0) is 4.79 Å². The molecule has 0 saturated carbocycles. The van der Waals surface area contributed by atoms with Gasteiger partial charge in [0.2, 0.25) is 0 Å². The lowest BCUT2D eigenvalue weighted by atomic mass is 10.1. The molecule has 0 bridgehead atoms. The summed E-state index contributed by atoms with van der Waals surface area (Å²) in [5, 5.41) is 8.67. The Balaban J connectivity index is 3.16. The highest BCUT2D eigenvalue weighted by molar-refractivity contribution is 5.68. The second-order valence-corrected chi connectivity index (χ2v) is 7.07. The molecule has 0 rings (SSSR count). The van der Waals surface area contributed by atoms with Gasteiger partial charge in [-0.1, -0.05) is 76.9 Å². The van der Waals surface area contributed by atoms with E-state index in [0.29, 0.717) is 0 Å². The zero-order valence-corrected chi connectivity index (χ0v) is 16.3. The van der Waals surface area contributed by atoms with E-state index in [2.05, 4.69) is 19.1 Å². The van der Waals surface area contributed by atoms with Gasteiger partial charge in [-0.25, -0.2) is 0 Å². The summed E-state index contributed by atoms with van der Waals surface area (Å²) < 4.78 is 0. The monoisotopic (exact) mass is 339 g/mol. The summed E-state index contributed by atoms with van der Waals surface area (Å²) in [6.45, 7) is 3.32. The third-order valence-corrected chi connectivity index (χ3v) is 4.46. The molecule has 0 atom stereocenters. The minimum Gasteiger partial charge on any atom is -0.480 e. The van der Waals surface area contributed by atoms with Crippen LogP contribution in [-0.4, -0.2) is 36.1 Å². The molecule has 0 unspecified atom stereocenters. The number of hydrogen-bond donors (Lipinski definition) is 1. The van der Waals surface area contributed by atoms with E-state index in [0.717, 1.165) is 13.0 Å². The van der Waals surface area contributed by atoms with Gasteiger partial charge < -0.3 is 5.11 Å². The Morgan fingerprint density at radius 2 is 1.25 bits per heavy atom. The molecule has 0 aromatic carbocycles. The van der Waals surface area contributed by atoms with Crippen molar-refractivity contribution in [1.29, 1.82) is 0 Å². The Morgan fingerprint density at radius 1 is 0.792 bits per heavy atom. The number of hydrogen-bond acceptors (Lipinski definition) is 2. The Labute approximate surface area is 150 Å². The molecule has 0 aliphatic rings. The van der Waals surface area contributed by atoms with Gasteiger partial charge in [0.15, 0.2) is 0 Å². The number of allylic oxidation sites excluding steroid dienone is 2. The summed E-state index contributed by atoms with van der Waals surface area (Å²) >= 11 is 0. The van der Waals surface area contributed by atoms with Crippen LogP contribution in [0.25, 0.3) is 0 Å². The lowest BCUT2D eigenvalue weighted by Crippen LogP contribution is -2.26. The second-order valence-electron chi connectivity index (χ2n) is 7.07. The summed E-state index contributed by atoms with van der Waals surface area (Å²) in [6.07, 6.45) is 23.1. The summed E-state index contributed by atoms with van der Waals surface area (Å²) in [6, 6.07) is 0. The first-order valence-corrected chi connectivity index (χ1v) is 10.2. The van der Waals surface area contributed by atoms with Gasteiger partial charge in [-0.2, -0.15) is 0 Å². The van der Waals surface area contributed by atoms with Crippen molar-refractivity contribution in [2.75, 3.05) is 20.1 Å². The molecule has 24 heavy (non-hydrogen) atoms. The Bertz CT molecular complexity index is 302. The molecular formula is C21H41NO2. The first kappa shape index (κ1) is 23.2. The van der Waals surface area contributed by atoms with Crippen molar-refractivity contribution in [3.63, 3.8) is 0 Å². The van der Waals surface area contributed by atoms with Gasteiger partial charge in [0.1, 0.15) is 0 Å². The van der Waals surface area contributed by atoms with Crippen LogP contribution >= 0.6 is 0 Å². The molecule has 0 amide bonds. The van der Waals surface area contributed by atoms with Crippen molar-refractivity contribution >= 4 is 5.97 Å². The molecule has 142 valence electrons.